The van der Waals surface area contributed by atoms with Crippen LogP contribution in [-0.2, 0) is 21.3 Å². The van der Waals surface area contributed by atoms with Crippen molar-refractivity contribution in [3.8, 4) is 0 Å². The van der Waals surface area contributed by atoms with Gasteiger partial charge in [-0.25, -0.2) is 13.2 Å². The molecule has 0 bridgehead atoms. The third-order valence-electron chi connectivity index (χ3n) is 5.23. The molecule has 1 aromatic carbocycles. The molecule has 4 N–H and O–H groups in total. The van der Waals surface area contributed by atoms with Crippen LogP contribution in [0, 0.1) is 5.92 Å². The molecule has 1 aromatic heterocycles. The molecule has 4 rings (SSSR count). The Hall–Kier alpha value is -2.94. The summed E-state index contributed by atoms with van der Waals surface area (Å²) in [5.74, 6) is 1.73. The standard InChI is InChI=1S/C21H29N7O5S2/c1-15-13-28(34(14-15)21(29)30)25-20-23-18(11-19(24-20)27-7-9-33-10-8-27)22-12-16-3-5-17(6-4-16)26-35(2,31)32/h3-6,11,14-15,26H,7-10,12-13H2,1-2H3,(H,29,30)(H2,22,23,24,25). The fourth-order valence-electron chi connectivity index (χ4n) is 3.66. The van der Waals surface area contributed by atoms with Gasteiger partial charge in [-0.3, -0.25) is 10.1 Å². The minimum Gasteiger partial charge on any atom is -0.473 e. The maximum absolute atomic E-state index is 11.7. The number of nitrogens with one attached hydrogen (secondary N) is 3. The van der Waals surface area contributed by atoms with Crippen molar-refractivity contribution in [3.05, 3.63) is 35.9 Å². The van der Waals surface area contributed by atoms with E-state index in [0.717, 1.165) is 11.8 Å². The molecule has 190 valence electrons. The second-order valence-electron chi connectivity index (χ2n) is 8.33. The summed E-state index contributed by atoms with van der Waals surface area (Å²) < 4.78 is 32.3. The van der Waals surface area contributed by atoms with Crippen LogP contribution < -0.4 is 20.4 Å². The number of anilines is 4. The SMILES string of the molecule is CC1C=S(C(=O)O)N(Nc2nc(NCc3ccc(NS(C)(=O)=O)cc3)cc(N3CCOCC3)n2)C1. The normalized spacial score (nSPS) is 20.8. The van der Waals surface area contributed by atoms with E-state index in [1.54, 1.807) is 16.5 Å². The lowest BCUT2D eigenvalue weighted by Gasteiger charge is -2.29. The zero-order valence-electron chi connectivity index (χ0n) is 19.5. The van der Waals surface area contributed by atoms with Gasteiger partial charge in [-0.2, -0.15) is 14.4 Å². The summed E-state index contributed by atoms with van der Waals surface area (Å²) in [5.41, 5.74) is 4.52. The molecule has 0 amide bonds. The van der Waals surface area contributed by atoms with E-state index in [-0.39, 0.29) is 5.92 Å². The quantitative estimate of drug-likeness (QED) is 0.377. The number of nitrogens with zero attached hydrogens (tertiary/aromatic N) is 4. The fraction of sp³-hybridized carbons (Fsp3) is 0.429. The predicted molar refractivity (Wildman–Crippen MR) is 138 cm³/mol. The summed E-state index contributed by atoms with van der Waals surface area (Å²) in [7, 11) is -4.41. The number of carbonyl (C=O) groups is 1. The minimum absolute atomic E-state index is 0.127. The van der Waals surface area contributed by atoms with Crippen LogP contribution in [0.2, 0.25) is 0 Å². The van der Waals surface area contributed by atoms with Crippen LogP contribution in [0.5, 0.6) is 0 Å². The van der Waals surface area contributed by atoms with Gasteiger partial charge in [-0.05, 0) is 29.0 Å². The highest BCUT2D eigenvalue weighted by Gasteiger charge is 2.26. The summed E-state index contributed by atoms with van der Waals surface area (Å²) in [5, 5.41) is 13.8. The Kier molecular flexibility index (Phi) is 7.74. The van der Waals surface area contributed by atoms with Crippen molar-refractivity contribution in [2.75, 3.05) is 59.5 Å². The molecule has 0 spiro atoms. The van der Waals surface area contributed by atoms with E-state index in [9.17, 15) is 18.3 Å². The predicted octanol–water partition coefficient (Wildman–Crippen LogP) is 2.24. The first-order chi connectivity index (χ1) is 16.7. The number of aromatic nitrogens is 2. The average molecular weight is 524 g/mol. The van der Waals surface area contributed by atoms with Gasteiger partial charge in [0, 0.05) is 48.6 Å². The third kappa shape index (κ3) is 7.04. The molecule has 2 aliphatic heterocycles. The average Bonchev–Trinajstić information content (AvgIpc) is 3.18. The van der Waals surface area contributed by atoms with E-state index in [1.165, 1.54) is 0 Å². The molecule has 2 unspecified atom stereocenters. The van der Waals surface area contributed by atoms with Crippen molar-refractivity contribution in [2.45, 2.75) is 13.5 Å². The van der Waals surface area contributed by atoms with Gasteiger partial charge in [0.2, 0.25) is 16.0 Å². The molecular weight excluding hydrogens is 494 g/mol. The number of sulfonamides is 1. The van der Waals surface area contributed by atoms with Crippen molar-refractivity contribution in [1.82, 2.24) is 14.4 Å². The van der Waals surface area contributed by atoms with E-state index < -0.39 is 26.0 Å². The molecule has 0 saturated carbocycles. The Bertz CT molecular complexity index is 1200. The number of rotatable bonds is 8. The van der Waals surface area contributed by atoms with E-state index in [1.807, 2.05) is 30.5 Å². The summed E-state index contributed by atoms with van der Waals surface area (Å²) in [6.07, 6.45) is 1.11. The largest absolute Gasteiger partial charge is 0.473 e. The molecule has 2 aliphatic rings. The summed E-state index contributed by atoms with van der Waals surface area (Å²) in [4.78, 5) is 23.0. The lowest BCUT2D eigenvalue weighted by molar-refractivity contribution is 0.122. The van der Waals surface area contributed by atoms with Crippen LogP contribution in [0.25, 0.3) is 0 Å². The Balaban J connectivity index is 1.52. The number of hydrogen-bond acceptors (Lipinski definition) is 10. The lowest BCUT2D eigenvalue weighted by Crippen LogP contribution is -2.37. The molecule has 0 aliphatic carbocycles. The van der Waals surface area contributed by atoms with Gasteiger partial charge in [-0.1, -0.05) is 19.1 Å². The number of morpholine rings is 1. The van der Waals surface area contributed by atoms with Crippen LogP contribution >= 0.6 is 10.7 Å². The summed E-state index contributed by atoms with van der Waals surface area (Å²) in [6.45, 7) is 5.55. The maximum atomic E-state index is 11.7. The second kappa shape index (κ2) is 10.8. The molecule has 35 heavy (non-hydrogen) atoms. The van der Waals surface area contributed by atoms with Crippen molar-refractivity contribution < 1.29 is 23.1 Å². The number of benzene rings is 1. The molecule has 0 radical (unpaired) electrons. The van der Waals surface area contributed by atoms with Crippen molar-refractivity contribution in [1.29, 1.82) is 0 Å². The first-order valence-corrected chi connectivity index (χ1v) is 14.2. The number of hydrogen-bond donors (Lipinski definition) is 4. The first kappa shape index (κ1) is 25.2. The Morgan fingerprint density at radius 2 is 1.94 bits per heavy atom. The van der Waals surface area contributed by atoms with Gasteiger partial charge < -0.3 is 20.1 Å². The number of hydrazine groups is 1. The van der Waals surface area contributed by atoms with Crippen LogP contribution in [0.1, 0.15) is 12.5 Å². The van der Waals surface area contributed by atoms with Gasteiger partial charge in [0.1, 0.15) is 11.6 Å². The monoisotopic (exact) mass is 523 g/mol. The minimum atomic E-state index is -3.33. The van der Waals surface area contributed by atoms with E-state index >= 15 is 0 Å². The maximum Gasteiger partial charge on any atom is 0.374 e. The highest BCUT2D eigenvalue weighted by molar-refractivity contribution is 8.25. The van der Waals surface area contributed by atoms with Crippen molar-refractivity contribution >= 4 is 54.6 Å². The second-order valence-corrected chi connectivity index (χ2v) is 11.8. The van der Waals surface area contributed by atoms with Gasteiger partial charge in [0.15, 0.2) is 0 Å². The molecule has 12 nitrogen and oxygen atoms in total. The summed E-state index contributed by atoms with van der Waals surface area (Å²) >= 11 is 0. The van der Waals surface area contributed by atoms with Crippen molar-refractivity contribution in [2.24, 2.45) is 5.92 Å². The topological polar surface area (TPSA) is 149 Å². The molecule has 1 fully saturated rings. The summed E-state index contributed by atoms with van der Waals surface area (Å²) in [6, 6.07) is 8.89. The molecule has 2 atom stereocenters. The van der Waals surface area contributed by atoms with Crippen LogP contribution in [0.3, 0.4) is 0 Å². The number of ether oxygens (including phenoxy) is 1. The molecule has 14 heteroatoms. The van der Waals surface area contributed by atoms with E-state index in [0.29, 0.717) is 62.7 Å². The van der Waals surface area contributed by atoms with E-state index in [4.69, 9.17) is 4.74 Å². The molecule has 3 heterocycles. The van der Waals surface area contributed by atoms with Gasteiger partial charge >= 0.3 is 5.30 Å². The number of carboxylic acid groups (broad SMARTS) is 1. The Morgan fingerprint density at radius 3 is 2.60 bits per heavy atom. The van der Waals surface area contributed by atoms with Crippen LogP contribution in [-0.4, -0.2) is 77.7 Å². The first-order valence-electron chi connectivity index (χ1n) is 11.0. The zero-order chi connectivity index (χ0) is 25.0. The smallest absolute Gasteiger partial charge is 0.374 e. The molecule has 2 aromatic rings. The van der Waals surface area contributed by atoms with Gasteiger partial charge in [0.05, 0.1) is 19.5 Å². The van der Waals surface area contributed by atoms with E-state index in [2.05, 4.69) is 30.3 Å². The lowest BCUT2D eigenvalue weighted by atomic mass is 10.2. The highest BCUT2D eigenvalue weighted by atomic mass is 32.2. The fourth-order valence-corrected chi connectivity index (χ4v) is 5.78. The Morgan fingerprint density at radius 1 is 1.23 bits per heavy atom. The third-order valence-corrected chi connectivity index (χ3v) is 7.64. The molecular formula is C21H29N7O5S2. The molecule has 1 saturated heterocycles. The van der Waals surface area contributed by atoms with Crippen LogP contribution in [0.15, 0.2) is 30.3 Å². The van der Waals surface area contributed by atoms with Crippen LogP contribution in [0.4, 0.5) is 28.1 Å². The highest BCUT2D eigenvalue weighted by Crippen LogP contribution is 2.30. The van der Waals surface area contributed by atoms with Gasteiger partial charge in [0.25, 0.3) is 0 Å². The Labute approximate surface area is 206 Å². The van der Waals surface area contributed by atoms with Crippen molar-refractivity contribution in [3.63, 3.8) is 0 Å². The van der Waals surface area contributed by atoms with Gasteiger partial charge in [-0.15, -0.1) is 0 Å². The zero-order valence-corrected chi connectivity index (χ0v) is 21.1.